The van der Waals surface area contributed by atoms with Gasteiger partial charge in [0.05, 0.1) is 17.7 Å². The number of aromatic nitrogens is 1. The van der Waals surface area contributed by atoms with Gasteiger partial charge >= 0.3 is 0 Å². The molecule has 0 bridgehead atoms. The van der Waals surface area contributed by atoms with Gasteiger partial charge < -0.3 is 9.64 Å². The highest BCUT2D eigenvalue weighted by Crippen LogP contribution is 2.21. The first-order valence-electron chi connectivity index (χ1n) is 8.01. The van der Waals surface area contributed by atoms with Gasteiger partial charge in [-0.2, -0.15) is 0 Å². The Balaban J connectivity index is 1.98. The average molecular weight is 311 g/mol. The Kier molecular flexibility index (Phi) is 6.15. The molecule has 0 radical (unpaired) electrons. The zero-order valence-electron chi connectivity index (χ0n) is 14.4. The van der Waals surface area contributed by atoms with Crippen LogP contribution in [0.25, 0.3) is 0 Å². The van der Waals surface area contributed by atoms with E-state index in [0.717, 1.165) is 24.3 Å². The summed E-state index contributed by atoms with van der Waals surface area (Å²) >= 11 is 0. The lowest BCUT2D eigenvalue weighted by molar-refractivity contribution is 0.213. The maximum Gasteiger partial charge on any atom is 0.213 e. The minimum absolute atomic E-state index is 0.0740. The number of hydrogen-bond donors (Lipinski definition) is 0. The van der Waals surface area contributed by atoms with E-state index in [1.165, 1.54) is 5.56 Å². The Morgan fingerprint density at radius 2 is 1.96 bits per heavy atom. The fraction of sp³-hybridized carbons (Fsp3) is 0.368. The predicted molar refractivity (Wildman–Crippen MR) is 95.7 cm³/mol. The van der Waals surface area contributed by atoms with Gasteiger partial charge in [0.25, 0.3) is 0 Å². The molecule has 0 spiro atoms. The van der Waals surface area contributed by atoms with Crippen LogP contribution in [0.3, 0.4) is 0 Å². The molecule has 1 aromatic carbocycles. The number of nitrogens with zero attached hydrogens (tertiary/aromatic N) is 3. The van der Waals surface area contributed by atoms with Crippen molar-refractivity contribution in [1.29, 1.82) is 0 Å². The molecule has 2 rings (SSSR count). The maximum absolute atomic E-state index is 5.93. The summed E-state index contributed by atoms with van der Waals surface area (Å²) in [6, 6.07) is 14.2. The minimum Gasteiger partial charge on any atom is -0.474 e. The Hall–Kier alpha value is -2.36. The van der Waals surface area contributed by atoms with E-state index in [4.69, 9.17) is 4.74 Å². The zero-order chi connectivity index (χ0) is 16.7. The highest BCUT2D eigenvalue weighted by molar-refractivity contribution is 5.62. The molecule has 1 heterocycles. The molecule has 23 heavy (non-hydrogen) atoms. The van der Waals surface area contributed by atoms with E-state index in [2.05, 4.69) is 36.0 Å². The lowest BCUT2D eigenvalue weighted by Crippen LogP contribution is -2.16. The van der Waals surface area contributed by atoms with Crippen molar-refractivity contribution in [1.82, 2.24) is 9.88 Å². The Morgan fingerprint density at radius 1 is 1.22 bits per heavy atom. The predicted octanol–water partition coefficient (Wildman–Crippen LogP) is 4.01. The molecule has 0 fully saturated rings. The molecule has 4 heteroatoms. The van der Waals surface area contributed by atoms with Crippen LogP contribution in [0.1, 0.15) is 25.1 Å². The van der Waals surface area contributed by atoms with E-state index >= 15 is 0 Å². The molecule has 122 valence electrons. The third kappa shape index (κ3) is 5.40. The topological polar surface area (TPSA) is 37.7 Å². The molecule has 1 unspecified atom stereocenters. The van der Waals surface area contributed by atoms with E-state index in [1.807, 2.05) is 55.5 Å². The van der Waals surface area contributed by atoms with Crippen molar-refractivity contribution in [2.45, 2.75) is 33.3 Å². The van der Waals surface area contributed by atoms with Crippen LogP contribution >= 0.6 is 0 Å². The monoisotopic (exact) mass is 311 g/mol. The van der Waals surface area contributed by atoms with E-state index in [9.17, 15) is 0 Å². The lowest BCUT2D eigenvalue weighted by Gasteiger charge is -2.15. The van der Waals surface area contributed by atoms with Gasteiger partial charge in [-0.3, -0.25) is 0 Å². The number of pyridine rings is 1. The molecule has 0 aliphatic carbocycles. The number of aryl methyl sites for hydroxylation is 1. The van der Waals surface area contributed by atoms with E-state index in [-0.39, 0.29) is 6.10 Å². The van der Waals surface area contributed by atoms with E-state index in [0.29, 0.717) is 5.88 Å². The van der Waals surface area contributed by atoms with Gasteiger partial charge in [-0.05, 0) is 32.4 Å². The third-order valence-electron chi connectivity index (χ3n) is 3.61. The first kappa shape index (κ1) is 17.0. The Labute approximate surface area is 138 Å². The Morgan fingerprint density at radius 3 is 2.61 bits per heavy atom. The summed E-state index contributed by atoms with van der Waals surface area (Å²) in [5, 5.41) is 0. The molecule has 2 aromatic rings. The maximum atomic E-state index is 5.93. The number of ether oxygens (including phenoxy) is 1. The minimum atomic E-state index is 0.0740. The molecular weight excluding hydrogens is 286 g/mol. The molecule has 0 saturated carbocycles. The summed E-state index contributed by atoms with van der Waals surface area (Å²) in [5.74, 6) is 0.647. The van der Waals surface area contributed by atoms with Crippen LogP contribution in [0, 0.1) is 6.92 Å². The molecule has 0 aliphatic rings. The SMILES string of the molecule is CCN(C)C=Nc1ccc(OC(C)Cc2ccccc2)nc1C. The first-order chi connectivity index (χ1) is 11.1. The Bertz CT molecular complexity index is 640. The second kappa shape index (κ2) is 8.32. The lowest BCUT2D eigenvalue weighted by atomic mass is 10.1. The van der Waals surface area contributed by atoms with Crippen LogP contribution in [0.4, 0.5) is 5.69 Å². The molecule has 0 amide bonds. The van der Waals surface area contributed by atoms with Crippen LogP contribution < -0.4 is 4.74 Å². The number of aliphatic imine (C=N–C) groups is 1. The molecule has 1 atom stereocenters. The van der Waals surface area contributed by atoms with Gasteiger partial charge in [0.15, 0.2) is 0 Å². The smallest absolute Gasteiger partial charge is 0.213 e. The van der Waals surface area contributed by atoms with Gasteiger partial charge in [-0.1, -0.05) is 30.3 Å². The van der Waals surface area contributed by atoms with E-state index in [1.54, 1.807) is 0 Å². The van der Waals surface area contributed by atoms with Gasteiger partial charge in [0, 0.05) is 26.1 Å². The normalized spacial score (nSPS) is 12.3. The summed E-state index contributed by atoms with van der Waals surface area (Å²) in [6.07, 6.45) is 2.76. The number of rotatable bonds is 7. The highest BCUT2D eigenvalue weighted by Gasteiger charge is 2.08. The van der Waals surface area contributed by atoms with Crippen molar-refractivity contribution in [3.63, 3.8) is 0 Å². The quantitative estimate of drug-likeness (QED) is 0.573. The molecule has 0 aliphatic heterocycles. The molecule has 0 N–H and O–H groups in total. The molecule has 1 aromatic heterocycles. The van der Waals surface area contributed by atoms with Crippen molar-refractivity contribution in [3.8, 4) is 5.88 Å². The zero-order valence-corrected chi connectivity index (χ0v) is 14.4. The standard InChI is InChI=1S/C19H25N3O/c1-5-22(4)14-20-18-11-12-19(21-16(18)3)23-15(2)13-17-9-7-6-8-10-17/h6-12,14-15H,5,13H2,1-4H3. The van der Waals surface area contributed by atoms with Gasteiger partial charge in [-0.15, -0.1) is 0 Å². The summed E-state index contributed by atoms with van der Waals surface area (Å²) in [6.45, 7) is 7.02. The van der Waals surface area contributed by atoms with Crippen LogP contribution in [-0.4, -0.2) is 35.9 Å². The third-order valence-corrected chi connectivity index (χ3v) is 3.61. The second-order valence-corrected chi connectivity index (χ2v) is 5.69. The fourth-order valence-corrected chi connectivity index (χ4v) is 2.17. The highest BCUT2D eigenvalue weighted by atomic mass is 16.5. The molecular formula is C19H25N3O. The average Bonchev–Trinajstić information content (AvgIpc) is 2.54. The van der Waals surface area contributed by atoms with Crippen molar-refractivity contribution in [2.24, 2.45) is 4.99 Å². The largest absolute Gasteiger partial charge is 0.474 e. The van der Waals surface area contributed by atoms with E-state index < -0.39 is 0 Å². The van der Waals surface area contributed by atoms with Crippen molar-refractivity contribution < 1.29 is 4.74 Å². The van der Waals surface area contributed by atoms with Gasteiger partial charge in [0.1, 0.15) is 6.10 Å². The summed E-state index contributed by atoms with van der Waals surface area (Å²) in [4.78, 5) is 11.0. The number of benzene rings is 1. The van der Waals surface area contributed by atoms with Crippen molar-refractivity contribution in [2.75, 3.05) is 13.6 Å². The fourth-order valence-electron chi connectivity index (χ4n) is 2.17. The van der Waals surface area contributed by atoms with Gasteiger partial charge in [-0.25, -0.2) is 9.98 Å². The van der Waals surface area contributed by atoms with Crippen LogP contribution in [0.5, 0.6) is 5.88 Å². The van der Waals surface area contributed by atoms with Crippen LogP contribution in [0.2, 0.25) is 0 Å². The molecule has 0 saturated heterocycles. The van der Waals surface area contributed by atoms with Crippen LogP contribution in [-0.2, 0) is 6.42 Å². The molecule has 4 nitrogen and oxygen atoms in total. The number of hydrogen-bond acceptors (Lipinski definition) is 3. The summed E-state index contributed by atoms with van der Waals surface area (Å²) in [5.41, 5.74) is 3.00. The summed E-state index contributed by atoms with van der Waals surface area (Å²) < 4.78 is 5.93. The first-order valence-corrected chi connectivity index (χ1v) is 8.01. The van der Waals surface area contributed by atoms with Crippen LogP contribution in [0.15, 0.2) is 47.5 Å². The second-order valence-electron chi connectivity index (χ2n) is 5.69. The van der Waals surface area contributed by atoms with Crippen molar-refractivity contribution >= 4 is 12.0 Å². The van der Waals surface area contributed by atoms with Gasteiger partial charge in [0.2, 0.25) is 5.88 Å². The van der Waals surface area contributed by atoms with Crippen molar-refractivity contribution in [3.05, 3.63) is 53.7 Å². The summed E-state index contributed by atoms with van der Waals surface area (Å²) in [7, 11) is 2.00.